The van der Waals surface area contributed by atoms with E-state index in [9.17, 15) is 0 Å². The summed E-state index contributed by atoms with van der Waals surface area (Å²) in [4.78, 5) is 3.43. The van der Waals surface area contributed by atoms with Gasteiger partial charge in [0.25, 0.3) is 0 Å². The monoisotopic (exact) mass is 68.0 g/mol. The molecule has 0 N–H and O–H groups in total. The Morgan fingerprint density at radius 1 is 1.80 bits per heavy atom. The van der Waals surface area contributed by atoms with Gasteiger partial charge in [0.15, 0.2) is 6.26 Å². The minimum Gasteiger partial charge on any atom is -0.407 e. The Bertz CT molecular complexity index is 65.0. The predicted octanol–water partition coefficient (Wildman–Crippen LogP) is -0.345. The third kappa shape index (κ3) is 0.265. The summed E-state index contributed by atoms with van der Waals surface area (Å²) in [6, 6.07) is 0. The van der Waals surface area contributed by atoms with Crippen molar-refractivity contribution in [3.63, 3.8) is 0 Å². The van der Waals surface area contributed by atoms with Crippen molar-refractivity contribution in [3.8, 4) is 0 Å². The van der Waals surface area contributed by atoms with E-state index in [4.69, 9.17) is 0 Å². The SMILES string of the molecule is [C]1=COC=[N+]1. The van der Waals surface area contributed by atoms with Gasteiger partial charge in [0.05, 0.1) is 0 Å². The molecule has 2 nitrogen and oxygen atoms in total. The van der Waals surface area contributed by atoms with Crippen LogP contribution in [0.15, 0.2) is 6.26 Å². The highest BCUT2D eigenvalue weighted by atomic mass is 16.5. The van der Waals surface area contributed by atoms with Crippen LogP contribution in [0.4, 0.5) is 0 Å². The molecule has 5 heavy (non-hydrogen) atoms. The van der Waals surface area contributed by atoms with E-state index in [1.54, 1.807) is 0 Å². The molecule has 0 aromatic rings. The van der Waals surface area contributed by atoms with Crippen molar-refractivity contribution in [2.75, 3.05) is 0 Å². The predicted molar refractivity (Wildman–Crippen MR) is 17.1 cm³/mol. The highest BCUT2D eigenvalue weighted by molar-refractivity contribution is 5.47. The van der Waals surface area contributed by atoms with E-state index in [1.165, 1.54) is 12.7 Å². The third-order valence-electron chi connectivity index (χ3n) is 0.309. The molecule has 0 atom stereocenters. The maximum Gasteiger partial charge on any atom is 0.404 e. The Morgan fingerprint density at radius 2 is 2.80 bits per heavy atom. The summed E-state index contributed by atoms with van der Waals surface area (Å²) < 4.78 is 4.42. The second-order valence-electron chi connectivity index (χ2n) is 0.618. The molecule has 2 heteroatoms. The van der Waals surface area contributed by atoms with E-state index in [0.717, 1.165) is 0 Å². The van der Waals surface area contributed by atoms with Gasteiger partial charge in [0.1, 0.15) is 4.99 Å². The largest absolute Gasteiger partial charge is 0.407 e. The topological polar surface area (TPSA) is 23.3 Å². The van der Waals surface area contributed by atoms with Crippen LogP contribution in [0, 0.1) is 6.20 Å². The van der Waals surface area contributed by atoms with E-state index in [-0.39, 0.29) is 0 Å². The molecule has 0 aromatic heterocycles. The van der Waals surface area contributed by atoms with Gasteiger partial charge in [-0.3, -0.25) is 0 Å². The standard InChI is InChI=1S/C3H2NO/c1-2-5-3-4-1/h2-3H/q+1. The molecular formula is C3H2NO+. The molecule has 0 bridgehead atoms. The molecule has 1 aliphatic heterocycles. The maximum absolute atomic E-state index is 4.42. The van der Waals surface area contributed by atoms with Crippen LogP contribution in [-0.4, -0.2) is 6.40 Å². The van der Waals surface area contributed by atoms with Gasteiger partial charge in [-0.05, 0) is 0 Å². The number of aliphatic imine (C=N–C) groups is 1. The number of nitrogens with zero attached hydrogens (tertiary/aromatic N) is 1. The smallest absolute Gasteiger partial charge is 0.404 e. The number of ether oxygens (including phenoxy) is 1. The van der Waals surface area contributed by atoms with Crippen LogP contribution in [0.3, 0.4) is 0 Å². The summed E-state index contributed by atoms with van der Waals surface area (Å²) in [7, 11) is 0. The second-order valence-corrected chi connectivity index (χ2v) is 0.618. The quantitative estimate of drug-likeness (QED) is 0.380. The fourth-order valence-electron chi connectivity index (χ4n) is 0.152. The lowest BCUT2D eigenvalue weighted by Crippen LogP contribution is -1.70. The molecule has 1 heterocycles. The highest BCUT2D eigenvalue weighted by Crippen LogP contribution is 1.70. The molecule has 0 aromatic carbocycles. The van der Waals surface area contributed by atoms with Crippen LogP contribution in [0.25, 0.3) is 0 Å². The molecule has 0 amide bonds. The molecule has 0 spiro atoms. The Morgan fingerprint density at radius 3 is 3.00 bits per heavy atom. The number of rotatable bonds is 0. The van der Waals surface area contributed by atoms with Crippen LogP contribution in [0.1, 0.15) is 0 Å². The van der Waals surface area contributed by atoms with Crippen molar-refractivity contribution < 1.29 is 4.74 Å². The summed E-state index contributed by atoms with van der Waals surface area (Å²) in [6.07, 6.45) is 5.15. The first-order valence-corrected chi connectivity index (χ1v) is 1.24. The van der Waals surface area contributed by atoms with Gasteiger partial charge in [-0.1, -0.05) is 0 Å². The summed E-state index contributed by atoms with van der Waals surface area (Å²) in [6.45, 7) is 0. The van der Waals surface area contributed by atoms with E-state index in [1.807, 2.05) is 0 Å². The molecule has 1 aliphatic rings. The Kier molecular flexibility index (Phi) is 0.433. The zero-order chi connectivity index (χ0) is 3.54. The normalized spacial score (nSPS) is 16.0. The molecule has 24 valence electrons. The Labute approximate surface area is 29.8 Å². The average molecular weight is 68.1 g/mol. The van der Waals surface area contributed by atoms with Crippen LogP contribution >= 0.6 is 0 Å². The minimum absolute atomic E-state index is 1.32. The van der Waals surface area contributed by atoms with E-state index >= 15 is 0 Å². The van der Waals surface area contributed by atoms with Crippen molar-refractivity contribution in [2.24, 2.45) is 0 Å². The molecule has 0 saturated carbocycles. The summed E-state index contributed by atoms with van der Waals surface area (Å²) in [5.41, 5.74) is 0. The zero-order valence-electron chi connectivity index (χ0n) is 2.51. The number of hydrogen-bond donors (Lipinski definition) is 0. The molecule has 1 rings (SSSR count). The van der Waals surface area contributed by atoms with Gasteiger partial charge < -0.3 is 4.74 Å². The molecule has 2 radical (unpaired) electrons. The fourth-order valence-corrected chi connectivity index (χ4v) is 0.152. The average Bonchev–Trinajstić information content (AvgIpc) is 1.76. The van der Waals surface area contributed by atoms with Crippen LogP contribution in [0.5, 0.6) is 0 Å². The first-order valence-electron chi connectivity index (χ1n) is 1.24. The zero-order valence-corrected chi connectivity index (χ0v) is 2.51. The van der Waals surface area contributed by atoms with Crippen molar-refractivity contribution in [2.45, 2.75) is 0 Å². The van der Waals surface area contributed by atoms with Crippen molar-refractivity contribution in [1.29, 1.82) is 0 Å². The van der Waals surface area contributed by atoms with E-state index in [2.05, 4.69) is 15.9 Å². The van der Waals surface area contributed by atoms with Crippen molar-refractivity contribution >= 4 is 6.40 Å². The van der Waals surface area contributed by atoms with Crippen LogP contribution in [0.2, 0.25) is 0 Å². The van der Waals surface area contributed by atoms with Gasteiger partial charge >= 0.3 is 12.6 Å². The Hall–Kier alpha value is -0.790. The van der Waals surface area contributed by atoms with Gasteiger partial charge in [-0.15, -0.1) is 0 Å². The lowest BCUT2D eigenvalue weighted by molar-refractivity contribution is 0.505. The third-order valence-corrected chi connectivity index (χ3v) is 0.309. The number of hydrogen-bond acceptors (Lipinski definition) is 2. The summed E-state index contributed by atoms with van der Waals surface area (Å²) in [5, 5.41) is 0. The summed E-state index contributed by atoms with van der Waals surface area (Å²) >= 11 is 0. The molecule has 0 fully saturated rings. The van der Waals surface area contributed by atoms with E-state index in [0.29, 0.717) is 0 Å². The van der Waals surface area contributed by atoms with Crippen molar-refractivity contribution in [1.82, 2.24) is 4.99 Å². The second kappa shape index (κ2) is 0.885. The molecular weight excluding hydrogens is 66.0 g/mol. The van der Waals surface area contributed by atoms with Gasteiger partial charge in [-0.2, -0.15) is 0 Å². The lowest BCUT2D eigenvalue weighted by atomic mass is 11.0. The first-order chi connectivity index (χ1) is 2.50. The van der Waals surface area contributed by atoms with Gasteiger partial charge in [0, 0.05) is 0 Å². The van der Waals surface area contributed by atoms with Gasteiger partial charge in [0.2, 0.25) is 0 Å². The molecule has 0 saturated heterocycles. The molecule has 0 aliphatic carbocycles. The first kappa shape index (κ1) is 2.45. The van der Waals surface area contributed by atoms with Gasteiger partial charge in [-0.25, -0.2) is 0 Å². The minimum atomic E-state index is 1.32. The van der Waals surface area contributed by atoms with Crippen LogP contribution in [-0.2, 0) is 4.74 Å². The lowest BCUT2D eigenvalue weighted by Gasteiger charge is -1.58. The van der Waals surface area contributed by atoms with Crippen LogP contribution < -0.4 is 4.99 Å². The fraction of sp³-hybridized carbons (Fsp3) is 0. The molecule has 0 unspecified atom stereocenters. The van der Waals surface area contributed by atoms with Crippen molar-refractivity contribution in [3.05, 3.63) is 12.5 Å². The van der Waals surface area contributed by atoms with E-state index < -0.39 is 0 Å². The maximum atomic E-state index is 4.42. The highest BCUT2D eigenvalue weighted by Gasteiger charge is 1.92. The summed E-state index contributed by atoms with van der Waals surface area (Å²) in [5.74, 6) is 0. The Balaban J connectivity index is 2.61.